The van der Waals surface area contributed by atoms with Gasteiger partial charge in [-0.05, 0) is 24.6 Å². The lowest BCUT2D eigenvalue weighted by molar-refractivity contribution is 0.594. The largest absolute Gasteiger partial charge is 0.392 e. The van der Waals surface area contributed by atoms with Crippen LogP contribution >= 0.6 is 35.2 Å². The van der Waals surface area contributed by atoms with E-state index in [4.69, 9.17) is 29.6 Å². The van der Waals surface area contributed by atoms with Gasteiger partial charge in [0.1, 0.15) is 5.25 Å². The number of halogens is 1. The first kappa shape index (κ1) is 15.4. The van der Waals surface area contributed by atoms with Crippen molar-refractivity contribution >= 4 is 65.5 Å². The van der Waals surface area contributed by atoms with Gasteiger partial charge < -0.3 is 5.73 Å². The van der Waals surface area contributed by atoms with Crippen molar-refractivity contribution in [2.45, 2.75) is 18.6 Å². The van der Waals surface area contributed by atoms with Crippen LogP contribution in [-0.4, -0.2) is 23.6 Å². The third kappa shape index (κ3) is 3.20. The van der Waals surface area contributed by atoms with Gasteiger partial charge in [0, 0.05) is 5.02 Å². The lowest BCUT2D eigenvalue weighted by atomic mass is 10.3. The van der Waals surface area contributed by atoms with Crippen molar-refractivity contribution in [3.63, 3.8) is 0 Å². The van der Waals surface area contributed by atoms with Crippen LogP contribution in [0.2, 0.25) is 5.02 Å². The van der Waals surface area contributed by atoms with Crippen LogP contribution in [0.25, 0.3) is 10.2 Å². The molecule has 5 nitrogen and oxygen atoms in total. The predicted molar refractivity (Wildman–Crippen MR) is 88.0 cm³/mol. The number of nitrogens with two attached hydrogens (primary N) is 1. The number of anilines is 1. The van der Waals surface area contributed by atoms with E-state index >= 15 is 0 Å². The standard InChI is InChI=1S/C11H12ClN3O2S3/c1-2-9(10(13)18)20(16,17)15-11-14-7-4-3-6(12)5-8(7)19-11/h3-5,9H,2H2,1H3,(H2,13,18)(H,14,15). The van der Waals surface area contributed by atoms with Gasteiger partial charge in [-0.15, -0.1) is 0 Å². The summed E-state index contributed by atoms with van der Waals surface area (Å²) in [6.45, 7) is 1.71. The Bertz CT molecular complexity index is 757. The third-order valence-corrected chi connectivity index (χ3v) is 6.19. The van der Waals surface area contributed by atoms with Gasteiger partial charge in [0.2, 0.25) is 10.0 Å². The summed E-state index contributed by atoms with van der Waals surface area (Å²) in [6, 6.07) is 5.17. The molecule has 0 saturated heterocycles. The van der Waals surface area contributed by atoms with Gasteiger partial charge >= 0.3 is 0 Å². The van der Waals surface area contributed by atoms with Gasteiger partial charge in [0.15, 0.2) is 5.13 Å². The van der Waals surface area contributed by atoms with Gasteiger partial charge in [0.25, 0.3) is 0 Å². The Kier molecular flexibility index (Phi) is 4.48. The summed E-state index contributed by atoms with van der Waals surface area (Å²) in [6.07, 6.45) is 0.307. The van der Waals surface area contributed by atoms with Gasteiger partial charge in [-0.1, -0.05) is 42.1 Å². The van der Waals surface area contributed by atoms with E-state index in [-0.39, 0.29) is 10.1 Å². The number of sulfonamides is 1. The molecule has 0 radical (unpaired) electrons. The number of hydrogen-bond donors (Lipinski definition) is 2. The molecule has 0 amide bonds. The average Bonchev–Trinajstić information content (AvgIpc) is 2.68. The number of thiazole rings is 1. The topological polar surface area (TPSA) is 85.1 Å². The van der Waals surface area contributed by atoms with Gasteiger partial charge in [0.05, 0.1) is 15.2 Å². The zero-order chi connectivity index (χ0) is 14.9. The molecular weight excluding hydrogens is 338 g/mol. The summed E-state index contributed by atoms with van der Waals surface area (Å²) in [5.41, 5.74) is 6.14. The quantitative estimate of drug-likeness (QED) is 0.811. The first-order chi connectivity index (χ1) is 9.33. The molecule has 9 heteroatoms. The first-order valence-electron chi connectivity index (χ1n) is 5.70. The molecular formula is C11H12ClN3O2S3. The summed E-state index contributed by atoms with van der Waals surface area (Å²) in [5, 5.41) is -0.0600. The highest BCUT2D eigenvalue weighted by Crippen LogP contribution is 2.29. The Hall–Kier alpha value is -0.960. The smallest absolute Gasteiger partial charge is 0.243 e. The minimum absolute atomic E-state index is 0.0517. The maximum Gasteiger partial charge on any atom is 0.243 e. The molecule has 0 fully saturated rings. The van der Waals surface area contributed by atoms with E-state index < -0.39 is 15.3 Å². The van der Waals surface area contributed by atoms with Gasteiger partial charge in [-0.3, -0.25) is 4.72 Å². The number of thiocarbonyl (C=S) groups is 1. The van der Waals surface area contributed by atoms with Crippen LogP contribution in [-0.2, 0) is 10.0 Å². The van der Waals surface area contributed by atoms with E-state index in [9.17, 15) is 8.42 Å². The number of nitrogens with zero attached hydrogens (tertiary/aromatic N) is 1. The second-order valence-corrected chi connectivity index (χ2v) is 7.88. The Labute approximate surface area is 131 Å². The summed E-state index contributed by atoms with van der Waals surface area (Å²) in [7, 11) is -3.68. The van der Waals surface area contributed by atoms with Gasteiger partial charge in [-0.25, -0.2) is 13.4 Å². The number of nitrogens with one attached hydrogen (secondary N) is 1. The molecule has 20 heavy (non-hydrogen) atoms. The highest BCUT2D eigenvalue weighted by molar-refractivity contribution is 7.95. The van der Waals surface area contributed by atoms with Crippen LogP contribution in [0.4, 0.5) is 5.13 Å². The fraction of sp³-hybridized carbons (Fsp3) is 0.273. The molecule has 1 aromatic heterocycles. The molecule has 0 aliphatic rings. The van der Waals surface area contributed by atoms with Crippen LogP contribution in [0, 0.1) is 0 Å². The SMILES string of the molecule is CCC(C(N)=S)S(=O)(=O)Nc1nc2ccc(Cl)cc2s1. The third-order valence-electron chi connectivity index (χ3n) is 2.64. The molecule has 1 unspecified atom stereocenters. The van der Waals surface area contributed by atoms with E-state index in [2.05, 4.69) is 9.71 Å². The van der Waals surface area contributed by atoms with Gasteiger partial charge in [-0.2, -0.15) is 0 Å². The van der Waals surface area contributed by atoms with Crippen LogP contribution < -0.4 is 10.5 Å². The predicted octanol–water partition coefficient (Wildman–Crippen LogP) is 2.76. The van der Waals surface area contributed by atoms with Crippen LogP contribution in [0.15, 0.2) is 18.2 Å². The normalized spacial score (nSPS) is 13.3. The number of hydrogen-bond acceptors (Lipinski definition) is 5. The van der Waals surface area contributed by atoms with Crippen LogP contribution in [0.3, 0.4) is 0 Å². The lowest BCUT2D eigenvalue weighted by Gasteiger charge is -2.14. The summed E-state index contributed by atoms with van der Waals surface area (Å²) >= 11 is 11.9. The van der Waals surface area contributed by atoms with Crippen LogP contribution in [0.5, 0.6) is 0 Å². The Morgan fingerprint density at radius 2 is 2.30 bits per heavy atom. The fourth-order valence-corrected chi connectivity index (χ4v) is 4.94. The molecule has 0 saturated carbocycles. The summed E-state index contributed by atoms with van der Waals surface area (Å²) in [4.78, 5) is 4.15. The average molecular weight is 350 g/mol. The second-order valence-electron chi connectivity index (χ2n) is 4.08. The molecule has 2 rings (SSSR count). The molecule has 1 heterocycles. The van der Waals surface area contributed by atoms with Crippen molar-refractivity contribution in [3.05, 3.63) is 23.2 Å². The van der Waals surface area contributed by atoms with Crippen molar-refractivity contribution in [3.8, 4) is 0 Å². The van der Waals surface area contributed by atoms with E-state index in [1.807, 2.05) is 0 Å². The monoisotopic (exact) mass is 349 g/mol. The number of rotatable bonds is 5. The first-order valence-corrected chi connectivity index (χ1v) is 8.85. The molecule has 3 N–H and O–H groups in total. The maximum atomic E-state index is 12.2. The van der Waals surface area contributed by atoms with Crippen molar-refractivity contribution in [2.24, 2.45) is 5.73 Å². The molecule has 1 atom stereocenters. The Morgan fingerprint density at radius 3 is 2.90 bits per heavy atom. The highest BCUT2D eigenvalue weighted by atomic mass is 35.5. The zero-order valence-electron chi connectivity index (χ0n) is 10.5. The van der Waals surface area contributed by atoms with Crippen molar-refractivity contribution < 1.29 is 8.42 Å². The van der Waals surface area contributed by atoms with Crippen molar-refractivity contribution in [1.29, 1.82) is 0 Å². The zero-order valence-corrected chi connectivity index (χ0v) is 13.7. The number of fused-ring (bicyclic) bond motifs is 1. The molecule has 0 aliphatic heterocycles. The molecule has 0 bridgehead atoms. The lowest BCUT2D eigenvalue weighted by Crippen LogP contribution is -2.37. The molecule has 108 valence electrons. The van der Waals surface area contributed by atoms with E-state index in [0.29, 0.717) is 17.0 Å². The molecule has 0 aliphatic carbocycles. The number of aromatic nitrogens is 1. The second kappa shape index (κ2) is 5.80. The Morgan fingerprint density at radius 1 is 1.60 bits per heavy atom. The maximum absolute atomic E-state index is 12.2. The Balaban J connectivity index is 2.34. The highest BCUT2D eigenvalue weighted by Gasteiger charge is 2.27. The molecule has 1 aromatic carbocycles. The van der Waals surface area contributed by atoms with E-state index in [1.54, 1.807) is 25.1 Å². The van der Waals surface area contributed by atoms with Crippen molar-refractivity contribution in [2.75, 3.05) is 4.72 Å². The fourth-order valence-electron chi connectivity index (χ4n) is 1.71. The minimum atomic E-state index is -3.68. The minimum Gasteiger partial charge on any atom is -0.392 e. The number of benzene rings is 1. The molecule has 0 spiro atoms. The van der Waals surface area contributed by atoms with Crippen molar-refractivity contribution in [1.82, 2.24) is 4.98 Å². The molecule has 2 aromatic rings. The van der Waals surface area contributed by atoms with E-state index in [0.717, 1.165) is 4.70 Å². The van der Waals surface area contributed by atoms with Crippen LogP contribution in [0.1, 0.15) is 13.3 Å². The summed E-state index contributed by atoms with van der Waals surface area (Å²) < 4.78 is 27.6. The van der Waals surface area contributed by atoms with E-state index in [1.165, 1.54) is 11.3 Å². The summed E-state index contributed by atoms with van der Waals surface area (Å²) in [5.74, 6) is 0.